The molecule has 0 bridgehead atoms. The van der Waals surface area contributed by atoms with Crippen LogP contribution in [0.5, 0.6) is 11.5 Å². The molecule has 2 rings (SSSR count). The lowest BCUT2D eigenvalue weighted by molar-refractivity contribution is -0.138. The molecule has 0 aliphatic rings. The Bertz CT molecular complexity index is 899. The van der Waals surface area contributed by atoms with E-state index in [1.165, 1.54) is 40.2 Å². The van der Waals surface area contributed by atoms with Gasteiger partial charge in [-0.3, -0.25) is 9.98 Å². The first-order valence-electron chi connectivity index (χ1n) is 8.47. The van der Waals surface area contributed by atoms with Crippen LogP contribution in [0.1, 0.15) is 25.0 Å². The fourth-order valence-corrected chi connectivity index (χ4v) is 2.41. The van der Waals surface area contributed by atoms with Crippen LogP contribution in [0.15, 0.2) is 46.4 Å². The minimum absolute atomic E-state index is 0.0321. The molecule has 0 heterocycles. The van der Waals surface area contributed by atoms with Gasteiger partial charge in [0.05, 0.1) is 48.1 Å². The van der Waals surface area contributed by atoms with Gasteiger partial charge in [-0.15, -0.1) is 0 Å². The average Bonchev–Trinajstić information content (AvgIpc) is 2.65. The van der Waals surface area contributed by atoms with Crippen molar-refractivity contribution in [1.82, 2.24) is 0 Å². The molecule has 0 aliphatic heterocycles. The van der Waals surface area contributed by atoms with E-state index in [1.807, 2.05) is 0 Å². The lowest BCUT2D eigenvalue weighted by Gasteiger charge is -2.11. The molecule has 0 saturated heterocycles. The molecule has 2 aromatic rings. The zero-order valence-electron chi connectivity index (χ0n) is 16.4. The monoisotopic (exact) mass is 432 g/mol. The first-order chi connectivity index (χ1) is 13.8. The second-order valence-electron chi connectivity index (χ2n) is 6.23. The Morgan fingerprint density at radius 1 is 0.633 bits per heavy atom. The predicted octanol–water partition coefficient (Wildman–Crippen LogP) is 6.63. The smallest absolute Gasteiger partial charge is 0.416 e. The van der Waals surface area contributed by atoms with Crippen molar-refractivity contribution in [1.29, 1.82) is 0 Å². The van der Waals surface area contributed by atoms with Crippen molar-refractivity contribution in [3.63, 3.8) is 0 Å². The highest BCUT2D eigenvalue weighted by molar-refractivity contribution is 6.41. The molecule has 0 atom stereocenters. The highest BCUT2D eigenvalue weighted by atomic mass is 19.4. The largest absolute Gasteiger partial charge is 0.497 e. The summed E-state index contributed by atoms with van der Waals surface area (Å²) in [7, 11) is 2.45. The summed E-state index contributed by atoms with van der Waals surface area (Å²) in [5.41, 5.74) is -1.51. The van der Waals surface area contributed by atoms with Gasteiger partial charge in [-0.25, -0.2) is 0 Å². The van der Waals surface area contributed by atoms with Gasteiger partial charge in [0.15, 0.2) is 0 Å². The van der Waals surface area contributed by atoms with Crippen LogP contribution in [0, 0.1) is 0 Å². The van der Waals surface area contributed by atoms with Crippen molar-refractivity contribution in [3.8, 4) is 11.5 Å². The number of benzene rings is 2. The number of rotatable bonds is 5. The summed E-state index contributed by atoms with van der Waals surface area (Å²) in [5.74, 6) is -0.0674. The van der Waals surface area contributed by atoms with E-state index in [0.29, 0.717) is 0 Å². The lowest BCUT2D eigenvalue weighted by atomic mass is 10.1. The van der Waals surface area contributed by atoms with Crippen LogP contribution in [-0.2, 0) is 12.4 Å². The molecule has 4 nitrogen and oxygen atoms in total. The molecule has 2 aromatic carbocycles. The van der Waals surface area contributed by atoms with E-state index in [0.717, 1.165) is 24.3 Å². The van der Waals surface area contributed by atoms with Gasteiger partial charge in [-0.1, -0.05) is 0 Å². The minimum Gasteiger partial charge on any atom is -0.497 e. The fraction of sp³-hybridized carbons (Fsp3) is 0.300. The van der Waals surface area contributed by atoms with E-state index in [2.05, 4.69) is 9.98 Å². The SMILES string of the molecule is COc1cc(N=C(C)C(C)=Nc2cc(OC)cc(C(F)(F)F)c2)cc(C(F)(F)F)c1. The topological polar surface area (TPSA) is 43.2 Å². The van der Waals surface area contributed by atoms with Gasteiger partial charge in [0, 0.05) is 12.1 Å². The molecule has 0 N–H and O–H groups in total. The summed E-state index contributed by atoms with van der Waals surface area (Å²) in [5, 5.41) is 0. The van der Waals surface area contributed by atoms with Crippen molar-refractivity contribution in [3.05, 3.63) is 47.5 Å². The summed E-state index contributed by atoms with van der Waals surface area (Å²) >= 11 is 0. The number of alkyl halides is 6. The number of hydrogen-bond donors (Lipinski definition) is 0. The molecule has 0 saturated carbocycles. The highest BCUT2D eigenvalue weighted by Crippen LogP contribution is 2.36. The van der Waals surface area contributed by atoms with E-state index in [-0.39, 0.29) is 34.3 Å². The molecule has 0 spiro atoms. The Kier molecular flexibility index (Phi) is 6.79. The number of aliphatic imine (C=N–C) groups is 2. The van der Waals surface area contributed by atoms with Crippen molar-refractivity contribution >= 4 is 22.8 Å². The summed E-state index contributed by atoms with van der Waals surface area (Å²) < 4.78 is 88.0. The molecule has 0 radical (unpaired) electrons. The van der Waals surface area contributed by atoms with Crippen molar-refractivity contribution < 1.29 is 35.8 Å². The van der Waals surface area contributed by atoms with Crippen LogP contribution < -0.4 is 9.47 Å². The maximum atomic E-state index is 13.0. The van der Waals surface area contributed by atoms with Crippen LogP contribution in [0.3, 0.4) is 0 Å². The maximum absolute atomic E-state index is 13.0. The molecule has 0 amide bonds. The fourth-order valence-electron chi connectivity index (χ4n) is 2.41. The molecule has 10 heteroatoms. The number of halogens is 6. The van der Waals surface area contributed by atoms with Crippen molar-refractivity contribution in [2.45, 2.75) is 26.2 Å². The Morgan fingerprint density at radius 3 is 1.23 bits per heavy atom. The molecule has 0 fully saturated rings. The second-order valence-corrected chi connectivity index (χ2v) is 6.23. The number of methoxy groups -OCH3 is 2. The molecular weight excluding hydrogens is 414 g/mol. The van der Waals surface area contributed by atoms with E-state index < -0.39 is 23.5 Å². The van der Waals surface area contributed by atoms with Gasteiger partial charge in [0.25, 0.3) is 0 Å². The standard InChI is InChI=1S/C20H18F6N2O2/c1-11(27-15-5-13(19(21,22)23)7-17(9-15)29-3)12(2)28-16-6-14(20(24,25)26)8-18(10-16)30-4/h5-10H,1-4H3. The van der Waals surface area contributed by atoms with Crippen molar-refractivity contribution in [2.75, 3.05) is 14.2 Å². The van der Waals surface area contributed by atoms with Crippen LogP contribution in [0.4, 0.5) is 37.7 Å². The average molecular weight is 432 g/mol. The number of ether oxygens (including phenoxy) is 2. The first kappa shape index (κ1) is 23.2. The summed E-state index contributed by atoms with van der Waals surface area (Å²) in [4.78, 5) is 8.21. The van der Waals surface area contributed by atoms with Crippen molar-refractivity contribution in [2.24, 2.45) is 9.98 Å². The quantitative estimate of drug-likeness (QED) is 0.393. The van der Waals surface area contributed by atoms with E-state index >= 15 is 0 Å². The van der Waals surface area contributed by atoms with Crippen LogP contribution >= 0.6 is 0 Å². The summed E-state index contributed by atoms with van der Waals surface area (Å²) in [6.07, 6.45) is -9.19. The Hall–Kier alpha value is -3.04. The van der Waals surface area contributed by atoms with Gasteiger partial charge in [-0.05, 0) is 38.1 Å². The zero-order valence-corrected chi connectivity index (χ0v) is 16.4. The maximum Gasteiger partial charge on any atom is 0.416 e. The number of hydrogen-bond acceptors (Lipinski definition) is 4. The third-order valence-electron chi connectivity index (χ3n) is 4.03. The Labute approximate surface area is 168 Å². The third kappa shape index (κ3) is 5.98. The normalized spacial score (nSPS) is 13.4. The van der Waals surface area contributed by atoms with E-state index in [9.17, 15) is 26.3 Å². The molecule has 0 aromatic heterocycles. The van der Waals surface area contributed by atoms with Crippen LogP contribution in [-0.4, -0.2) is 25.6 Å². The molecule has 0 aliphatic carbocycles. The summed E-state index contributed by atoms with van der Waals surface area (Å²) in [6.45, 7) is 2.97. The van der Waals surface area contributed by atoms with Gasteiger partial charge < -0.3 is 9.47 Å². The molecule has 162 valence electrons. The second kappa shape index (κ2) is 8.76. The summed E-state index contributed by atoms with van der Waals surface area (Å²) in [6, 6.07) is 5.96. The molecule has 0 unspecified atom stereocenters. The number of nitrogens with zero attached hydrogens (tertiary/aromatic N) is 2. The Morgan fingerprint density at radius 2 is 0.967 bits per heavy atom. The zero-order chi connectivity index (χ0) is 22.7. The Balaban J connectivity index is 2.46. The van der Waals surface area contributed by atoms with E-state index in [1.54, 1.807) is 0 Å². The molecular formula is C20H18F6N2O2. The minimum atomic E-state index is -4.59. The van der Waals surface area contributed by atoms with Gasteiger partial charge >= 0.3 is 12.4 Å². The van der Waals surface area contributed by atoms with E-state index in [4.69, 9.17) is 9.47 Å². The van der Waals surface area contributed by atoms with Gasteiger partial charge in [-0.2, -0.15) is 26.3 Å². The van der Waals surface area contributed by atoms with Gasteiger partial charge in [0.1, 0.15) is 11.5 Å². The van der Waals surface area contributed by atoms with Crippen LogP contribution in [0.2, 0.25) is 0 Å². The molecule has 30 heavy (non-hydrogen) atoms. The predicted molar refractivity (Wildman–Crippen MR) is 102 cm³/mol. The highest BCUT2D eigenvalue weighted by Gasteiger charge is 2.32. The van der Waals surface area contributed by atoms with Crippen LogP contribution in [0.25, 0.3) is 0 Å². The third-order valence-corrected chi connectivity index (χ3v) is 4.03. The van der Waals surface area contributed by atoms with Gasteiger partial charge in [0.2, 0.25) is 0 Å². The first-order valence-corrected chi connectivity index (χ1v) is 8.47. The lowest BCUT2D eigenvalue weighted by Crippen LogP contribution is -2.07.